The van der Waals surface area contributed by atoms with Crippen molar-refractivity contribution in [1.82, 2.24) is 10.3 Å². The van der Waals surface area contributed by atoms with Crippen molar-refractivity contribution in [3.63, 3.8) is 0 Å². The van der Waals surface area contributed by atoms with E-state index in [1.165, 1.54) is 0 Å². The average Bonchev–Trinajstić information content (AvgIpc) is 2.86. The molecule has 0 fully saturated rings. The second-order valence-electron chi connectivity index (χ2n) is 5.97. The van der Waals surface area contributed by atoms with Gasteiger partial charge in [-0.1, -0.05) is 34.1 Å². The molecule has 0 bridgehead atoms. The number of fused-ring (bicyclic) bond motifs is 1. The van der Waals surface area contributed by atoms with E-state index in [9.17, 15) is 9.59 Å². The minimum atomic E-state index is -0.173. The summed E-state index contributed by atoms with van der Waals surface area (Å²) >= 11 is 3.51. The topological polar surface area (TPSA) is 62.0 Å². The van der Waals surface area contributed by atoms with E-state index in [-0.39, 0.29) is 17.7 Å². The molecule has 1 aromatic carbocycles. The van der Waals surface area contributed by atoms with E-state index >= 15 is 0 Å². The fourth-order valence-electron chi connectivity index (χ4n) is 3.17. The highest BCUT2D eigenvalue weighted by Crippen LogP contribution is 2.27. The normalized spacial score (nSPS) is 15.2. The van der Waals surface area contributed by atoms with E-state index in [0.29, 0.717) is 12.1 Å². The van der Waals surface area contributed by atoms with Gasteiger partial charge in [-0.05, 0) is 43.9 Å². The Balaban J connectivity index is 1.84. The summed E-state index contributed by atoms with van der Waals surface area (Å²) < 4.78 is 0.963. The highest BCUT2D eigenvalue weighted by Gasteiger charge is 2.26. The van der Waals surface area contributed by atoms with Gasteiger partial charge in [0, 0.05) is 22.2 Å². The first-order chi connectivity index (χ1) is 11.0. The highest BCUT2D eigenvalue weighted by molar-refractivity contribution is 9.10. The van der Waals surface area contributed by atoms with Gasteiger partial charge >= 0.3 is 0 Å². The van der Waals surface area contributed by atoms with Crippen LogP contribution < -0.4 is 5.32 Å². The number of aromatic amines is 1. The van der Waals surface area contributed by atoms with E-state index < -0.39 is 0 Å². The maximum absolute atomic E-state index is 12.6. The quantitative estimate of drug-likeness (QED) is 0.849. The van der Waals surface area contributed by atoms with Crippen LogP contribution in [0, 0.1) is 6.92 Å². The lowest BCUT2D eigenvalue weighted by atomic mass is 9.94. The molecule has 3 rings (SSSR count). The average molecular weight is 375 g/mol. The van der Waals surface area contributed by atoms with Crippen molar-refractivity contribution >= 4 is 27.6 Å². The predicted molar refractivity (Wildman–Crippen MR) is 92.8 cm³/mol. The summed E-state index contributed by atoms with van der Waals surface area (Å²) in [7, 11) is 0. The van der Waals surface area contributed by atoms with Gasteiger partial charge in [-0.15, -0.1) is 0 Å². The number of carbonyl (C=O) groups excluding carboxylic acids is 2. The van der Waals surface area contributed by atoms with E-state index in [1.807, 2.05) is 38.1 Å². The number of ketones is 1. The Morgan fingerprint density at radius 3 is 2.74 bits per heavy atom. The van der Waals surface area contributed by atoms with Gasteiger partial charge in [0.15, 0.2) is 5.78 Å². The van der Waals surface area contributed by atoms with Crippen molar-refractivity contribution < 1.29 is 9.59 Å². The van der Waals surface area contributed by atoms with E-state index in [2.05, 4.69) is 26.2 Å². The third-order valence-corrected chi connectivity index (χ3v) is 5.11. The molecule has 0 saturated carbocycles. The zero-order valence-corrected chi connectivity index (χ0v) is 14.8. The van der Waals surface area contributed by atoms with Crippen LogP contribution in [0.4, 0.5) is 0 Å². The van der Waals surface area contributed by atoms with Gasteiger partial charge in [0.1, 0.15) is 5.69 Å². The lowest BCUT2D eigenvalue weighted by Crippen LogP contribution is -2.27. The largest absolute Gasteiger partial charge is 0.354 e. The molecule has 1 heterocycles. The monoisotopic (exact) mass is 374 g/mol. The van der Waals surface area contributed by atoms with Crippen molar-refractivity contribution in [1.29, 1.82) is 0 Å². The Morgan fingerprint density at radius 2 is 2.04 bits per heavy atom. The molecule has 4 nitrogen and oxygen atoms in total. The molecule has 2 N–H and O–H groups in total. The molecule has 0 radical (unpaired) electrons. The number of aryl methyl sites for hydroxylation is 1. The van der Waals surface area contributed by atoms with E-state index in [0.717, 1.165) is 39.7 Å². The second-order valence-corrected chi connectivity index (χ2v) is 6.83. The Hall–Kier alpha value is -1.88. The van der Waals surface area contributed by atoms with Gasteiger partial charge < -0.3 is 10.3 Å². The summed E-state index contributed by atoms with van der Waals surface area (Å²) in [4.78, 5) is 27.8. The smallest absolute Gasteiger partial charge is 0.268 e. The van der Waals surface area contributed by atoms with Crippen molar-refractivity contribution in [3.05, 3.63) is 56.8 Å². The molecule has 23 heavy (non-hydrogen) atoms. The number of hydrogen-bond donors (Lipinski definition) is 2. The first-order valence-electron chi connectivity index (χ1n) is 7.79. The standard InChI is InChI=1S/C18H19BrN2O2/c1-10-16-14(8-5-9-15(16)22)21-17(10)18(23)20-11(2)12-6-3-4-7-13(12)19/h3-4,6-7,11,21H,5,8-9H2,1-2H3,(H,20,23). The lowest BCUT2D eigenvalue weighted by Gasteiger charge is -2.15. The molecular formula is C18H19BrN2O2. The SMILES string of the molecule is Cc1c(C(=O)NC(C)c2ccccc2Br)[nH]c2c1C(=O)CCC2. The number of rotatable bonds is 3. The number of aromatic nitrogens is 1. The summed E-state index contributed by atoms with van der Waals surface area (Å²) in [6, 6.07) is 7.69. The molecule has 0 aliphatic heterocycles. The molecule has 0 saturated heterocycles. The molecule has 1 atom stereocenters. The Kier molecular flexibility index (Phi) is 4.39. The number of H-pyrrole nitrogens is 1. The molecule has 1 aromatic heterocycles. The van der Waals surface area contributed by atoms with Crippen LogP contribution >= 0.6 is 15.9 Å². The number of benzene rings is 1. The van der Waals surface area contributed by atoms with Crippen molar-refractivity contribution in [2.75, 3.05) is 0 Å². The Labute approximate surface area is 143 Å². The molecule has 2 aromatic rings. The first kappa shape index (κ1) is 16.0. The van der Waals surface area contributed by atoms with Crippen LogP contribution in [-0.2, 0) is 6.42 Å². The Morgan fingerprint density at radius 1 is 1.30 bits per heavy atom. The number of Topliss-reactive ketones (excluding diaryl/α,β-unsaturated/α-hetero) is 1. The molecule has 1 amide bonds. The summed E-state index contributed by atoms with van der Waals surface area (Å²) in [5.41, 5.74) is 3.91. The van der Waals surface area contributed by atoms with Gasteiger partial charge in [-0.3, -0.25) is 9.59 Å². The minimum absolute atomic E-state index is 0.131. The maximum Gasteiger partial charge on any atom is 0.268 e. The van der Waals surface area contributed by atoms with E-state index in [1.54, 1.807) is 0 Å². The molecule has 1 aliphatic rings. The van der Waals surface area contributed by atoms with E-state index in [4.69, 9.17) is 0 Å². The van der Waals surface area contributed by atoms with Gasteiger partial charge in [0.05, 0.1) is 6.04 Å². The van der Waals surface area contributed by atoms with Crippen LogP contribution in [0.15, 0.2) is 28.7 Å². The van der Waals surface area contributed by atoms with Crippen molar-refractivity contribution in [2.45, 2.75) is 39.2 Å². The fourth-order valence-corrected chi connectivity index (χ4v) is 3.80. The third-order valence-electron chi connectivity index (χ3n) is 4.38. The van der Waals surface area contributed by atoms with Crippen molar-refractivity contribution in [3.8, 4) is 0 Å². The highest BCUT2D eigenvalue weighted by atomic mass is 79.9. The number of halogens is 1. The second kappa shape index (κ2) is 6.32. The number of nitrogens with one attached hydrogen (secondary N) is 2. The molecule has 120 valence electrons. The fraction of sp³-hybridized carbons (Fsp3) is 0.333. The van der Waals surface area contributed by atoms with Gasteiger partial charge in [0.25, 0.3) is 5.91 Å². The third kappa shape index (κ3) is 2.98. The van der Waals surface area contributed by atoms with Crippen LogP contribution in [0.1, 0.15) is 63.5 Å². The predicted octanol–water partition coefficient (Wildman–Crippen LogP) is 4.10. The number of hydrogen-bond acceptors (Lipinski definition) is 2. The number of carbonyl (C=O) groups is 2. The van der Waals surface area contributed by atoms with Crippen LogP contribution in [0.3, 0.4) is 0 Å². The van der Waals surface area contributed by atoms with Crippen LogP contribution in [0.5, 0.6) is 0 Å². The lowest BCUT2D eigenvalue weighted by molar-refractivity contribution is 0.0934. The minimum Gasteiger partial charge on any atom is -0.354 e. The van der Waals surface area contributed by atoms with Gasteiger partial charge in [-0.25, -0.2) is 0 Å². The summed E-state index contributed by atoms with van der Waals surface area (Å²) in [6.07, 6.45) is 2.25. The van der Waals surface area contributed by atoms with Crippen LogP contribution in [0.25, 0.3) is 0 Å². The summed E-state index contributed by atoms with van der Waals surface area (Å²) in [5.74, 6) is -0.0362. The summed E-state index contributed by atoms with van der Waals surface area (Å²) in [5, 5.41) is 3.01. The maximum atomic E-state index is 12.6. The molecule has 1 unspecified atom stereocenters. The van der Waals surface area contributed by atoms with Gasteiger partial charge in [0.2, 0.25) is 0 Å². The molecular weight excluding hydrogens is 356 g/mol. The Bertz CT molecular complexity index is 779. The molecule has 1 aliphatic carbocycles. The van der Waals surface area contributed by atoms with Crippen LogP contribution in [0.2, 0.25) is 0 Å². The van der Waals surface area contributed by atoms with Crippen molar-refractivity contribution in [2.24, 2.45) is 0 Å². The van der Waals surface area contributed by atoms with Crippen LogP contribution in [-0.4, -0.2) is 16.7 Å². The van der Waals surface area contributed by atoms with Gasteiger partial charge in [-0.2, -0.15) is 0 Å². The zero-order chi connectivity index (χ0) is 16.6. The molecule has 5 heteroatoms. The molecule has 0 spiro atoms. The zero-order valence-electron chi connectivity index (χ0n) is 13.2. The summed E-state index contributed by atoms with van der Waals surface area (Å²) in [6.45, 7) is 3.79. The first-order valence-corrected chi connectivity index (χ1v) is 8.58. The number of amides is 1.